The highest BCUT2D eigenvalue weighted by Crippen LogP contribution is 2.31. The molecule has 1 aliphatic rings. The maximum atomic E-state index is 12.6. The van der Waals surface area contributed by atoms with Crippen LogP contribution in [-0.4, -0.2) is 11.9 Å². The van der Waals surface area contributed by atoms with Crippen LogP contribution in [0.15, 0.2) is 24.3 Å². The SMILES string of the molecule is Cl.NC1CCCCC1CC(=O)Nc1cccc(C(F)(F)F)c1. The first-order chi connectivity index (χ1) is 9.86. The van der Waals surface area contributed by atoms with Crippen molar-refractivity contribution in [2.24, 2.45) is 11.7 Å². The van der Waals surface area contributed by atoms with Gasteiger partial charge in [0, 0.05) is 18.2 Å². The second-order valence-electron chi connectivity index (χ2n) is 5.54. The summed E-state index contributed by atoms with van der Waals surface area (Å²) in [6, 6.07) is 4.66. The van der Waals surface area contributed by atoms with Gasteiger partial charge in [0.2, 0.25) is 5.91 Å². The van der Waals surface area contributed by atoms with Crippen molar-refractivity contribution in [3.8, 4) is 0 Å². The summed E-state index contributed by atoms with van der Waals surface area (Å²) in [5.74, 6) is -0.166. The van der Waals surface area contributed by atoms with Crippen LogP contribution >= 0.6 is 12.4 Å². The van der Waals surface area contributed by atoms with Gasteiger partial charge in [0.1, 0.15) is 0 Å². The van der Waals surface area contributed by atoms with Crippen LogP contribution in [0.3, 0.4) is 0 Å². The highest BCUT2D eigenvalue weighted by molar-refractivity contribution is 5.91. The van der Waals surface area contributed by atoms with Gasteiger partial charge in [-0.3, -0.25) is 4.79 Å². The van der Waals surface area contributed by atoms with Crippen LogP contribution in [-0.2, 0) is 11.0 Å². The van der Waals surface area contributed by atoms with E-state index >= 15 is 0 Å². The third-order valence-electron chi connectivity index (χ3n) is 3.89. The van der Waals surface area contributed by atoms with E-state index in [1.54, 1.807) is 0 Å². The number of amides is 1. The first-order valence-corrected chi connectivity index (χ1v) is 7.09. The minimum Gasteiger partial charge on any atom is -0.327 e. The predicted molar refractivity (Wildman–Crippen MR) is 81.9 cm³/mol. The lowest BCUT2D eigenvalue weighted by atomic mass is 9.83. The molecule has 0 aliphatic heterocycles. The molecule has 22 heavy (non-hydrogen) atoms. The minimum absolute atomic E-state index is 0. The Labute approximate surface area is 133 Å². The quantitative estimate of drug-likeness (QED) is 0.877. The van der Waals surface area contributed by atoms with Gasteiger partial charge in [0.25, 0.3) is 0 Å². The van der Waals surface area contributed by atoms with E-state index in [0.29, 0.717) is 0 Å². The molecular weight excluding hydrogens is 317 g/mol. The summed E-state index contributed by atoms with van der Waals surface area (Å²) in [4.78, 5) is 11.9. The predicted octanol–water partition coefficient (Wildman–Crippen LogP) is 3.97. The summed E-state index contributed by atoms with van der Waals surface area (Å²) in [6.45, 7) is 0. The van der Waals surface area contributed by atoms with E-state index in [9.17, 15) is 18.0 Å². The van der Waals surface area contributed by atoms with Crippen molar-refractivity contribution < 1.29 is 18.0 Å². The Morgan fingerprint density at radius 2 is 1.95 bits per heavy atom. The number of carbonyl (C=O) groups excluding carboxylic acids is 1. The first kappa shape index (κ1) is 18.8. The number of nitrogens with one attached hydrogen (secondary N) is 1. The molecule has 0 bridgehead atoms. The van der Waals surface area contributed by atoms with Crippen molar-refractivity contribution >= 4 is 24.0 Å². The van der Waals surface area contributed by atoms with Crippen molar-refractivity contribution in [3.05, 3.63) is 29.8 Å². The van der Waals surface area contributed by atoms with Gasteiger partial charge < -0.3 is 11.1 Å². The Balaban J connectivity index is 0.00000242. The molecule has 0 radical (unpaired) electrons. The van der Waals surface area contributed by atoms with Crippen molar-refractivity contribution in [2.45, 2.75) is 44.3 Å². The number of halogens is 4. The van der Waals surface area contributed by atoms with E-state index in [0.717, 1.165) is 37.8 Å². The maximum absolute atomic E-state index is 12.6. The molecule has 0 spiro atoms. The average molecular weight is 337 g/mol. The van der Waals surface area contributed by atoms with Crippen molar-refractivity contribution in [3.63, 3.8) is 0 Å². The van der Waals surface area contributed by atoms with E-state index in [-0.39, 0.29) is 42.4 Å². The summed E-state index contributed by atoms with van der Waals surface area (Å²) < 4.78 is 37.8. The van der Waals surface area contributed by atoms with Crippen LogP contribution in [0.25, 0.3) is 0 Å². The van der Waals surface area contributed by atoms with Crippen LogP contribution in [0.5, 0.6) is 0 Å². The van der Waals surface area contributed by atoms with Gasteiger partial charge in [0.05, 0.1) is 5.56 Å². The summed E-state index contributed by atoms with van der Waals surface area (Å²) in [5, 5.41) is 2.53. The molecule has 1 fully saturated rings. The number of anilines is 1. The monoisotopic (exact) mass is 336 g/mol. The molecule has 0 aromatic heterocycles. The molecule has 1 aromatic rings. The molecule has 1 aromatic carbocycles. The van der Waals surface area contributed by atoms with Crippen molar-refractivity contribution in [1.82, 2.24) is 0 Å². The highest BCUT2D eigenvalue weighted by atomic mass is 35.5. The molecule has 2 atom stereocenters. The Kier molecular flexibility index (Phi) is 6.68. The van der Waals surface area contributed by atoms with Gasteiger partial charge in [-0.15, -0.1) is 12.4 Å². The number of carbonyl (C=O) groups is 1. The largest absolute Gasteiger partial charge is 0.416 e. The number of hydrogen-bond donors (Lipinski definition) is 2. The Morgan fingerprint density at radius 1 is 1.27 bits per heavy atom. The lowest BCUT2D eigenvalue weighted by Crippen LogP contribution is -2.35. The molecule has 0 heterocycles. The first-order valence-electron chi connectivity index (χ1n) is 7.09. The minimum atomic E-state index is -4.41. The fourth-order valence-corrected chi connectivity index (χ4v) is 2.71. The summed E-state index contributed by atoms with van der Waals surface area (Å²) in [5.41, 5.74) is 5.37. The molecule has 3 nitrogen and oxygen atoms in total. The van der Waals surface area contributed by atoms with Gasteiger partial charge in [-0.2, -0.15) is 13.2 Å². The summed E-state index contributed by atoms with van der Waals surface area (Å²) in [7, 11) is 0. The van der Waals surface area contributed by atoms with E-state index in [4.69, 9.17) is 5.73 Å². The van der Waals surface area contributed by atoms with Gasteiger partial charge >= 0.3 is 6.18 Å². The Bertz CT molecular complexity index is 508. The number of alkyl halides is 3. The number of hydrogen-bond acceptors (Lipinski definition) is 2. The highest BCUT2D eigenvalue weighted by Gasteiger charge is 2.30. The average Bonchev–Trinajstić information content (AvgIpc) is 2.41. The molecule has 0 saturated heterocycles. The van der Waals surface area contributed by atoms with E-state index in [2.05, 4.69) is 5.32 Å². The van der Waals surface area contributed by atoms with E-state index in [1.165, 1.54) is 12.1 Å². The summed E-state index contributed by atoms with van der Waals surface area (Å²) >= 11 is 0. The molecule has 3 N–H and O–H groups in total. The number of benzene rings is 1. The molecule has 1 aliphatic carbocycles. The summed E-state index contributed by atoms with van der Waals surface area (Å²) in [6.07, 6.45) is -0.218. The lowest BCUT2D eigenvalue weighted by Gasteiger charge is -2.27. The molecular formula is C15H20ClF3N2O. The Hall–Kier alpha value is -1.27. The van der Waals surface area contributed by atoms with Crippen molar-refractivity contribution in [2.75, 3.05) is 5.32 Å². The molecule has 7 heteroatoms. The van der Waals surface area contributed by atoms with Crippen molar-refractivity contribution in [1.29, 1.82) is 0 Å². The fourth-order valence-electron chi connectivity index (χ4n) is 2.71. The molecule has 124 valence electrons. The number of rotatable bonds is 3. The zero-order valence-corrected chi connectivity index (χ0v) is 12.8. The van der Waals surface area contributed by atoms with Crippen LogP contribution in [0.1, 0.15) is 37.7 Å². The second-order valence-corrected chi connectivity index (χ2v) is 5.54. The van der Waals surface area contributed by atoms with Gasteiger partial charge in [-0.25, -0.2) is 0 Å². The van der Waals surface area contributed by atoms with Gasteiger partial charge in [-0.1, -0.05) is 18.9 Å². The standard InChI is InChI=1S/C15H19F3N2O.ClH/c16-15(17,18)11-5-3-6-12(9-11)20-14(21)8-10-4-1-2-7-13(10)19;/h3,5-6,9-10,13H,1-2,4,7-8,19H2,(H,20,21);1H. The fraction of sp³-hybridized carbons (Fsp3) is 0.533. The third-order valence-corrected chi connectivity index (χ3v) is 3.89. The van der Waals surface area contributed by atoms with Crippen LogP contribution in [0, 0.1) is 5.92 Å². The molecule has 2 unspecified atom stereocenters. The van der Waals surface area contributed by atoms with Gasteiger partial charge in [0.15, 0.2) is 0 Å². The topological polar surface area (TPSA) is 55.1 Å². The molecule has 2 rings (SSSR count). The second kappa shape index (κ2) is 7.83. The van der Waals surface area contributed by atoms with E-state index in [1.807, 2.05) is 0 Å². The molecule has 1 saturated carbocycles. The van der Waals surface area contributed by atoms with Crippen LogP contribution in [0.4, 0.5) is 18.9 Å². The maximum Gasteiger partial charge on any atom is 0.416 e. The third kappa shape index (κ3) is 5.18. The molecule has 1 amide bonds. The van der Waals surface area contributed by atoms with Crippen LogP contribution < -0.4 is 11.1 Å². The number of nitrogens with two attached hydrogens (primary N) is 1. The Morgan fingerprint density at radius 3 is 2.59 bits per heavy atom. The van der Waals surface area contributed by atoms with Gasteiger partial charge in [-0.05, 0) is 37.0 Å². The lowest BCUT2D eigenvalue weighted by molar-refractivity contribution is -0.137. The van der Waals surface area contributed by atoms with E-state index < -0.39 is 11.7 Å². The van der Waals surface area contributed by atoms with Crippen LogP contribution in [0.2, 0.25) is 0 Å². The smallest absolute Gasteiger partial charge is 0.327 e. The normalized spacial score (nSPS) is 21.8. The zero-order valence-electron chi connectivity index (χ0n) is 12.0. The zero-order chi connectivity index (χ0) is 15.5.